The third-order valence-electron chi connectivity index (χ3n) is 5.53. The molecule has 1 aliphatic carbocycles. The molecule has 0 unspecified atom stereocenters. The highest BCUT2D eigenvalue weighted by molar-refractivity contribution is 7.17. The van der Waals surface area contributed by atoms with Crippen molar-refractivity contribution in [2.45, 2.75) is 39.0 Å². The first-order valence-corrected chi connectivity index (χ1v) is 11.3. The van der Waals surface area contributed by atoms with Crippen LogP contribution in [0.4, 0.5) is 16.4 Å². The van der Waals surface area contributed by atoms with Crippen molar-refractivity contribution in [2.75, 3.05) is 10.6 Å². The van der Waals surface area contributed by atoms with Crippen molar-refractivity contribution in [2.24, 2.45) is 0 Å². The highest BCUT2D eigenvalue weighted by atomic mass is 32.1. The van der Waals surface area contributed by atoms with Gasteiger partial charge in [0.1, 0.15) is 5.00 Å². The monoisotopic (exact) mass is 449 g/mol. The second-order valence-corrected chi connectivity index (χ2v) is 8.95. The summed E-state index contributed by atoms with van der Waals surface area (Å²) in [6.07, 6.45) is 4.87. The lowest BCUT2D eigenvalue weighted by molar-refractivity contribution is -0.384. The zero-order chi connectivity index (χ0) is 22.7. The normalized spacial score (nSPS) is 13.0. The Bertz CT molecular complexity index is 1170. The van der Waals surface area contributed by atoms with Gasteiger partial charge >= 0.3 is 0 Å². The standard InChI is InChI=1S/C24H23N3O4S/c1-15-7-11-17(12-8-15)25-23(29)21-19-5-3-2-4-6-20(19)32-24(21)26-22(28)16-9-13-18(14-10-16)27(30)31/h7-14H,2-6H2,1H3,(H,25,29)(H,26,28). The fourth-order valence-electron chi connectivity index (χ4n) is 3.81. The van der Waals surface area contributed by atoms with Gasteiger partial charge in [-0.05, 0) is 62.4 Å². The van der Waals surface area contributed by atoms with Crippen LogP contribution in [0.1, 0.15) is 56.0 Å². The molecule has 0 fully saturated rings. The number of nitro groups is 1. The Labute approximate surface area is 189 Å². The summed E-state index contributed by atoms with van der Waals surface area (Å²) in [6, 6.07) is 13.0. The maximum atomic E-state index is 13.3. The number of non-ortho nitro benzene ring substituents is 1. The Morgan fingerprint density at radius 3 is 2.28 bits per heavy atom. The molecule has 0 aliphatic heterocycles. The number of nitrogens with zero attached hydrogens (tertiary/aromatic N) is 1. The highest BCUT2D eigenvalue weighted by Crippen LogP contribution is 2.38. The van der Waals surface area contributed by atoms with Gasteiger partial charge in [-0.2, -0.15) is 0 Å². The van der Waals surface area contributed by atoms with Crippen LogP contribution in [-0.4, -0.2) is 16.7 Å². The van der Waals surface area contributed by atoms with E-state index in [9.17, 15) is 19.7 Å². The van der Waals surface area contributed by atoms with Crippen molar-refractivity contribution in [3.63, 3.8) is 0 Å². The van der Waals surface area contributed by atoms with Crippen LogP contribution in [0.25, 0.3) is 0 Å². The number of nitrogens with one attached hydrogen (secondary N) is 2. The number of anilines is 2. The van der Waals surface area contributed by atoms with E-state index in [-0.39, 0.29) is 11.6 Å². The molecule has 0 saturated carbocycles. The van der Waals surface area contributed by atoms with Gasteiger partial charge in [0.15, 0.2) is 0 Å². The van der Waals surface area contributed by atoms with Gasteiger partial charge in [0, 0.05) is 28.3 Å². The largest absolute Gasteiger partial charge is 0.322 e. The number of thiophene rings is 1. The number of amides is 2. The first kappa shape index (κ1) is 21.7. The van der Waals surface area contributed by atoms with Gasteiger partial charge in [0.05, 0.1) is 10.5 Å². The van der Waals surface area contributed by atoms with Crippen LogP contribution in [0.3, 0.4) is 0 Å². The number of hydrogen-bond acceptors (Lipinski definition) is 5. The van der Waals surface area contributed by atoms with Crippen LogP contribution in [-0.2, 0) is 12.8 Å². The first-order chi connectivity index (χ1) is 15.4. The van der Waals surface area contributed by atoms with Gasteiger partial charge in [-0.15, -0.1) is 11.3 Å². The summed E-state index contributed by atoms with van der Waals surface area (Å²) in [5.41, 5.74) is 3.54. The maximum absolute atomic E-state index is 13.3. The average Bonchev–Trinajstić information content (AvgIpc) is 2.95. The number of nitro benzene ring substituents is 1. The van der Waals surface area contributed by atoms with Gasteiger partial charge in [0.2, 0.25) is 0 Å². The Morgan fingerprint density at radius 1 is 0.906 bits per heavy atom. The molecular formula is C24H23N3O4S. The lowest BCUT2D eigenvalue weighted by Gasteiger charge is -2.10. The molecule has 32 heavy (non-hydrogen) atoms. The molecule has 0 radical (unpaired) electrons. The third-order valence-corrected chi connectivity index (χ3v) is 6.73. The van der Waals surface area contributed by atoms with Crippen molar-refractivity contribution in [1.82, 2.24) is 0 Å². The molecule has 0 atom stereocenters. The van der Waals surface area contributed by atoms with Gasteiger partial charge in [-0.1, -0.05) is 24.1 Å². The first-order valence-electron chi connectivity index (χ1n) is 10.5. The Balaban J connectivity index is 1.63. The van der Waals surface area contributed by atoms with Crippen molar-refractivity contribution in [3.05, 3.63) is 85.8 Å². The minimum absolute atomic E-state index is 0.0810. The molecule has 0 spiro atoms. The molecule has 164 valence electrons. The second kappa shape index (κ2) is 9.32. The van der Waals surface area contributed by atoms with E-state index >= 15 is 0 Å². The minimum Gasteiger partial charge on any atom is -0.322 e. The smallest absolute Gasteiger partial charge is 0.269 e. The lowest BCUT2D eigenvalue weighted by Crippen LogP contribution is -2.18. The summed E-state index contributed by atoms with van der Waals surface area (Å²) in [4.78, 5) is 37.6. The number of aryl methyl sites for hydroxylation is 2. The highest BCUT2D eigenvalue weighted by Gasteiger charge is 2.26. The van der Waals surface area contributed by atoms with E-state index < -0.39 is 10.8 Å². The quantitative estimate of drug-likeness (QED) is 0.295. The topological polar surface area (TPSA) is 101 Å². The summed E-state index contributed by atoms with van der Waals surface area (Å²) in [7, 11) is 0. The van der Waals surface area contributed by atoms with Crippen LogP contribution in [0, 0.1) is 17.0 Å². The Kier molecular flexibility index (Phi) is 6.32. The van der Waals surface area contributed by atoms with Crippen LogP contribution in [0.2, 0.25) is 0 Å². The van der Waals surface area contributed by atoms with E-state index in [1.165, 1.54) is 35.6 Å². The second-order valence-electron chi connectivity index (χ2n) is 7.85. The van der Waals surface area contributed by atoms with E-state index in [1.54, 1.807) is 0 Å². The van der Waals surface area contributed by atoms with E-state index in [0.29, 0.717) is 21.8 Å². The summed E-state index contributed by atoms with van der Waals surface area (Å²) in [5, 5.41) is 17.2. The molecule has 1 heterocycles. The number of fused-ring (bicyclic) bond motifs is 1. The number of carbonyl (C=O) groups is 2. The molecule has 8 heteroatoms. The van der Waals surface area contributed by atoms with E-state index in [4.69, 9.17) is 0 Å². The average molecular weight is 450 g/mol. The molecule has 2 amide bonds. The van der Waals surface area contributed by atoms with Crippen molar-refractivity contribution in [3.8, 4) is 0 Å². The van der Waals surface area contributed by atoms with Crippen LogP contribution < -0.4 is 10.6 Å². The summed E-state index contributed by atoms with van der Waals surface area (Å²) < 4.78 is 0. The Hall–Kier alpha value is -3.52. The van der Waals surface area contributed by atoms with Crippen molar-refractivity contribution < 1.29 is 14.5 Å². The SMILES string of the molecule is Cc1ccc(NC(=O)c2c(NC(=O)c3ccc([N+](=O)[O-])cc3)sc3c2CCCCC3)cc1. The van der Waals surface area contributed by atoms with Gasteiger partial charge in [0.25, 0.3) is 17.5 Å². The molecule has 4 rings (SSSR count). The maximum Gasteiger partial charge on any atom is 0.269 e. The van der Waals surface area contributed by atoms with Crippen molar-refractivity contribution >= 4 is 39.5 Å². The fraction of sp³-hybridized carbons (Fsp3) is 0.250. The third kappa shape index (κ3) is 4.70. The molecule has 1 aliphatic rings. The zero-order valence-electron chi connectivity index (χ0n) is 17.6. The van der Waals surface area contributed by atoms with E-state index in [0.717, 1.165) is 48.1 Å². The van der Waals surface area contributed by atoms with Gasteiger partial charge in [-0.25, -0.2) is 0 Å². The van der Waals surface area contributed by atoms with Crippen molar-refractivity contribution in [1.29, 1.82) is 0 Å². The van der Waals surface area contributed by atoms with Crippen LogP contribution in [0.15, 0.2) is 48.5 Å². The number of carbonyl (C=O) groups excluding carboxylic acids is 2. The molecule has 1 aromatic heterocycles. The van der Waals surface area contributed by atoms with E-state index in [2.05, 4.69) is 10.6 Å². The molecule has 2 aromatic carbocycles. The lowest BCUT2D eigenvalue weighted by atomic mass is 10.0. The zero-order valence-corrected chi connectivity index (χ0v) is 18.5. The van der Waals surface area contributed by atoms with Gasteiger partial charge < -0.3 is 10.6 Å². The minimum atomic E-state index is -0.508. The fourth-order valence-corrected chi connectivity index (χ4v) is 5.09. The number of hydrogen-bond donors (Lipinski definition) is 2. The molecular weight excluding hydrogens is 426 g/mol. The molecule has 0 saturated heterocycles. The van der Waals surface area contributed by atoms with Crippen LogP contribution >= 0.6 is 11.3 Å². The number of benzene rings is 2. The molecule has 0 bridgehead atoms. The summed E-state index contributed by atoms with van der Waals surface area (Å²) in [5.74, 6) is -0.645. The summed E-state index contributed by atoms with van der Waals surface area (Å²) in [6.45, 7) is 1.98. The number of rotatable bonds is 5. The molecule has 2 N–H and O–H groups in total. The van der Waals surface area contributed by atoms with Gasteiger partial charge in [-0.3, -0.25) is 19.7 Å². The predicted molar refractivity (Wildman–Crippen MR) is 126 cm³/mol. The molecule has 3 aromatic rings. The molecule has 7 nitrogen and oxygen atoms in total. The predicted octanol–water partition coefficient (Wildman–Crippen LogP) is 5.74. The Morgan fingerprint density at radius 2 is 1.59 bits per heavy atom. The van der Waals surface area contributed by atoms with Crippen LogP contribution in [0.5, 0.6) is 0 Å². The summed E-state index contributed by atoms with van der Waals surface area (Å²) >= 11 is 1.45. The van der Waals surface area contributed by atoms with E-state index in [1.807, 2.05) is 31.2 Å².